The van der Waals surface area contributed by atoms with E-state index in [0.717, 1.165) is 34.1 Å². The second-order valence-corrected chi connectivity index (χ2v) is 5.58. The normalized spacial score (nSPS) is 24.3. The van der Waals surface area contributed by atoms with Crippen LogP contribution in [0.4, 0.5) is 5.13 Å². The Kier molecular flexibility index (Phi) is 2.98. The molecular weight excluding hydrogens is 208 g/mol. The van der Waals surface area contributed by atoms with E-state index in [2.05, 4.69) is 23.9 Å². The number of thiazole rings is 1. The molecule has 0 radical (unpaired) electrons. The van der Waals surface area contributed by atoms with Gasteiger partial charge in [-0.3, -0.25) is 0 Å². The van der Waals surface area contributed by atoms with E-state index in [1.165, 1.54) is 6.42 Å². The molecule has 4 heteroatoms. The Morgan fingerprint density at radius 1 is 1.60 bits per heavy atom. The second kappa shape index (κ2) is 4.10. The van der Waals surface area contributed by atoms with Gasteiger partial charge in [-0.2, -0.15) is 0 Å². The molecule has 1 aromatic rings. The van der Waals surface area contributed by atoms with E-state index in [4.69, 9.17) is 5.11 Å². The number of nitrogens with zero attached hydrogens (tertiary/aromatic N) is 2. The van der Waals surface area contributed by atoms with Crippen LogP contribution in [0.3, 0.4) is 0 Å². The average Bonchev–Trinajstić information content (AvgIpc) is 2.75. The van der Waals surface area contributed by atoms with E-state index in [9.17, 15) is 0 Å². The smallest absolute Gasteiger partial charge is 0.185 e. The minimum Gasteiger partial charge on any atom is -0.391 e. The number of hydrogen-bond acceptors (Lipinski definition) is 4. The molecule has 0 aliphatic heterocycles. The summed E-state index contributed by atoms with van der Waals surface area (Å²) in [5.74, 6) is 1.72. The molecule has 1 fully saturated rings. The maximum absolute atomic E-state index is 9.10. The summed E-state index contributed by atoms with van der Waals surface area (Å²) in [7, 11) is 2.09. The quantitative estimate of drug-likeness (QED) is 0.853. The van der Waals surface area contributed by atoms with E-state index in [-0.39, 0.29) is 6.61 Å². The molecule has 1 aliphatic carbocycles. The van der Waals surface area contributed by atoms with E-state index >= 15 is 0 Å². The second-order valence-electron chi connectivity index (χ2n) is 4.52. The third-order valence-corrected chi connectivity index (χ3v) is 4.39. The first kappa shape index (κ1) is 10.9. The minimum absolute atomic E-state index is 0.108. The van der Waals surface area contributed by atoms with Gasteiger partial charge in [0.2, 0.25) is 0 Å². The molecule has 0 spiro atoms. The molecule has 84 valence electrons. The van der Waals surface area contributed by atoms with Gasteiger partial charge in [0.25, 0.3) is 0 Å². The topological polar surface area (TPSA) is 36.4 Å². The Labute approximate surface area is 94.8 Å². The molecule has 0 bridgehead atoms. The Bertz CT molecular complexity index is 350. The van der Waals surface area contributed by atoms with Crippen LogP contribution in [0.2, 0.25) is 0 Å². The molecule has 0 amide bonds. The first-order valence-electron chi connectivity index (χ1n) is 5.40. The Morgan fingerprint density at radius 2 is 2.27 bits per heavy atom. The van der Waals surface area contributed by atoms with Crippen molar-refractivity contribution in [2.24, 2.45) is 11.8 Å². The lowest BCUT2D eigenvalue weighted by Crippen LogP contribution is -2.20. The first-order valence-corrected chi connectivity index (χ1v) is 6.21. The van der Waals surface area contributed by atoms with Gasteiger partial charge in [-0.05, 0) is 25.2 Å². The number of aryl methyl sites for hydroxylation is 1. The monoisotopic (exact) mass is 226 g/mol. The zero-order chi connectivity index (χ0) is 11.0. The summed E-state index contributed by atoms with van der Waals surface area (Å²) in [5, 5.41) is 10.1. The van der Waals surface area contributed by atoms with Crippen molar-refractivity contribution in [1.29, 1.82) is 0 Å². The molecule has 1 aromatic heterocycles. The molecule has 1 aliphatic rings. The van der Waals surface area contributed by atoms with Gasteiger partial charge in [0, 0.05) is 13.6 Å². The molecule has 1 heterocycles. The van der Waals surface area contributed by atoms with Crippen molar-refractivity contribution < 1.29 is 5.11 Å². The van der Waals surface area contributed by atoms with Crippen molar-refractivity contribution in [3.05, 3.63) is 10.6 Å². The van der Waals surface area contributed by atoms with Crippen LogP contribution in [0.5, 0.6) is 0 Å². The fraction of sp³-hybridized carbons (Fsp3) is 0.727. The van der Waals surface area contributed by atoms with Crippen LogP contribution in [0.15, 0.2) is 0 Å². The van der Waals surface area contributed by atoms with E-state index in [0.29, 0.717) is 0 Å². The molecule has 2 unspecified atom stereocenters. The van der Waals surface area contributed by atoms with E-state index < -0.39 is 0 Å². The summed E-state index contributed by atoms with van der Waals surface area (Å²) >= 11 is 1.60. The van der Waals surface area contributed by atoms with Crippen molar-refractivity contribution in [3.63, 3.8) is 0 Å². The summed E-state index contributed by atoms with van der Waals surface area (Å²) in [4.78, 5) is 7.67. The number of hydrogen-bond donors (Lipinski definition) is 1. The molecule has 1 N–H and O–H groups in total. The standard InChI is InChI=1S/C11H18N2OS/c1-7-4-9(7)5-13(3)11-12-8(2)10(6-14)15-11/h7,9,14H,4-6H2,1-3H3. The fourth-order valence-corrected chi connectivity index (χ4v) is 2.70. The van der Waals surface area contributed by atoms with Crippen LogP contribution in [0, 0.1) is 18.8 Å². The lowest BCUT2D eigenvalue weighted by atomic mass is 10.3. The molecule has 2 rings (SSSR count). The highest BCUT2D eigenvalue weighted by molar-refractivity contribution is 7.15. The highest BCUT2D eigenvalue weighted by atomic mass is 32.1. The van der Waals surface area contributed by atoms with E-state index in [1.807, 2.05) is 6.92 Å². The summed E-state index contributed by atoms with van der Waals surface area (Å²) in [5.41, 5.74) is 0.966. The van der Waals surface area contributed by atoms with Gasteiger partial charge in [-0.25, -0.2) is 4.98 Å². The predicted molar refractivity (Wildman–Crippen MR) is 63.3 cm³/mol. The van der Waals surface area contributed by atoms with Crippen molar-refractivity contribution in [2.45, 2.75) is 26.9 Å². The minimum atomic E-state index is 0.108. The average molecular weight is 226 g/mol. The van der Waals surface area contributed by atoms with Crippen molar-refractivity contribution in [1.82, 2.24) is 4.98 Å². The Balaban J connectivity index is 2.01. The van der Waals surface area contributed by atoms with Gasteiger partial charge in [-0.1, -0.05) is 18.3 Å². The summed E-state index contributed by atoms with van der Waals surface area (Å²) in [6.45, 7) is 5.46. The van der Waals surface area contributed by atoms with Crippen LogP contribution in [0.1, 0.15) is 23.9 Å². The predicted octanol–water partition coefficient (Wildman–Crippen LogP) is 2.04. The van der Waals surface area contributed by atoms with Crippen molar-refractivity contribution in [3.8, 4) is 0 Å². The van der Waals surface area contributed by atoms with Gasteiger partial charge in [0.15, 0.2) is 5.13 Å². The van der Waals surface area contributed by atoms with Crippen molar-refractivity contribution in [2.75, 3.05) is 18.5 Å². The Morgan fingerprint density at radius 3 is 2.73 bits per heavy atom. The van der Waals surface area contributed by atoms with Crippen LogP contribution in [-0.4, -0.2) is 23.7 Å². The molecule has 15 heavy (non-hydrogen) atoms. The lowest BCUT2D eigenvalue weighted by Gasteiger charge is -2.14. The van der Waals surface area contributed by atoms with Gasteiger partial charge in [-0.15, -0.1) is 0 Å². The van der Waals surface area contributed by atoms with Gasteiger partial charge in [0.1, 0.15) is 0 Å². The van der Waals surface area contributed by atoms with E-state index in [1.54, 1.807) is 11.3 Å². The highest BCUT2D eigenvalue weighted by Crippen LogP contribution is 2.39. The fourth-order valence-electron chi connectivity index (χ4n) is 1.81. The summed E-state index contributed by atoms with van der Waals surface area (Å²) < 4.78 is 0. The number of aliphatic hydroxyl groups is 1. The van der Waals surface area contributed by atoms with Gasteiger partial charge in [0.05, 0.1) is 17.2 Å². The number of rotatable bonds is 4. The summed E-state index contributed by atoms with van der Waals surface area (Å²) in [6, 6.07) is 0. The molecule has 2 atom stereocenters. The van der Waals surface area contributed by atoms with Gasteiger partial charge < -0.3 is 10.0 Å². The zero-order valence-corrected chi connectivity index (χ0v) is 10.3. The highest BCUT2D eigenvalue weighted by Gasteiger charge is 2.33. The van der Waals surface area contributed by atoms with Crippen LogP contribution >= 0.6 is 11.3 Å². The maximum Gasteiger partial charge on any atom is 0.185 e. The zero-order valence-electron chi connectivity index (χ0n) is 9.53. The lowest BCUT2D eigenvalue weighted by molar-refractivity contribution is 0.284. The van der Waals surface area contributed by atoms with Crippen LogP contribution < -0.4 is 4.90 Å². The molecule has 0 aromatic carbocycles. The Hall–Kier alpha value is -0.610. The van der Waals surface area contributed by atoms with Crippen LogP contribution in [0.25, 0.3) is 0 Å². The molecule has 3 nitrogen and oxygen atoms in total. The van der Waals surface area contributed by atoms with Crippen molar-refractivity contribution >= 4 is 16.5 Å². The first-order chi connectivity index (χ1) is 7.11. The molecule has 1 saturated carbocycles. The third-order valence-electron chi connectivity index (χ3n) is 3.14. The summed E-state index contributed by atoms with van der Waals surface area (Å²) in [6.07, 6.45) is 1.35. The number of aromatic nitrogens is 1. The largest absolute Gasteiger partial charge is 0.391 e. The number of aliphatic hydroxyl groups excluding tert-OH is 1. The maximum atomic E-state index is 9.10. The third kappa shape index (κ3) is 2.32. The SMILES string of the molecule is Cc1nc(N(C)CC2CC2C)sc1CO. The molecular formula is C11H18N2OS. The van der Waals surface area contributed by atoms with Gasteiger partial charge >= 0.3 is 0 Å². The molecule has 0 saturated heterocycles. The number of anilines is 1. The van der Waals surface area contributed by atoms with Crippen LogP contribution in [-0.2, 0) is 6.61 Å².